The zero-order chi connectivity index (χ0) is 16.6. The topological polar surface area (TPSA) is 96.6 Å². The van der Waals surface area contributed by atoms with Crippen molar-refractivity contribution in [1.29, 1.82) is 0 Å². The van der Waals surface area contributed by atoms with Gasteiger partial charge in [-0.1, -0.05) is 35.5 Å². The van der Waals surface area contributed by atoms with Crippen molar-refractivity contribution in [3.05, 3.63) is 47.6 Å². The number of rotatable bonds is 4. The molecule has 8 heteroatoms. The van der Waals surface area contributed by atoms with E-state index >= 15 is 0 Å². The Bertz CT molecular complexity index is 771. The van der Waals surface area contributed by atoms with Gasteiger partial charge in [-0.3, -0.25) is 9.59 Å². The maximum Gasteiger partial charge on any atom is 0.335 e. The minimum absolute atomic E-state index is 0.103. The van der Waals surface area contributed by atoms with Crippen LogP contribution in [0, 0.1) is 6.92 Å². The lowest BCUT2D eigenvalue weighted by Crippen LogP contribution is -2.35. The van der Waals surface area contributed by atoms with Gasteiger partial charge in [0.05, 0.1) is 6.04 Å². The first-order chi connectivity index (χ1) is 11.0. The summed E-state index contributed by atoms with van der Waals surface area (Å²) in [6.07, 6.45) is 0. The third-order valence-corrected chi connectivity index (χ3v) is 3.62. The van der Waals surface area contributed by atoms with Crippen molar-refractivity contribution in [3.63, 3.8) is 0 Å². The predicted molar refractivity (Wildman–Crippen MR) is 76.7 cm³/mol. The van der Waals surface area contributed by atoms with E-state index < -0.39 is 23.9 Å². The van der Waals surface area contributed by atoms with Gasteiger partial charge in [0.2, 0.25) is 5.89 Å². The summed E-state index contributed by atoms with van der Waals surface area (Å²) in [5.74, 6) is -1.26. The first kappa shape index (κ1) is 14.9. The number of carbonyl (C=O) groups excluding carboxylic acids is 3. The number of benzene rings is 1. The van der Waals surface area contributed by atoms with Crippen LogP contribution in [0.5, 0.6) is 0 Å². The van der Waals surface area contributed by atoms with Crippen molar-refractivity contribution < 1.29 is 18.9 Å². The van der Waals surface area contributed by atoms with E-state index in [9.17, 15) is 14.4 Å². The highest BCUT2D eigenvalue weighted by atomic mass is 16.5. The normalized spacial score (nSPS) is 16.3. The van der Waals surface area contributed by atoms with Gasteiger partial charge in [0, 0.05) is 0 Å². The summed E-state index contributed by atoms with van der Waals surface area (Å²) in [5, 5.41) is 3.60. The Labute approximate surface area is 131 Å². The molecule has 1 aromatic carbocycles. The molecule has 2 heterocycles. The van der Waals surface area contributed by atoms with Crippen LogP contribution >= 0.6 is 0 Å². The fourth-order valence-electron chi connectivity index (χ4n) is 2.42. The van der Waals surface area contributed by atoms with Crippen LogP contribution in [0.15, 0.2) is 34.9 Å². The van der Waals surface area contributed by atoms with Crippen LogP contribution in [-0.2, 0) is 16.1 Å². The quantitative estimate of drug-likeness (QED) is 0.625. The van der Waals surface area contributed by atoms with Crippen LogP contribution in [0.4, 0.5) is 4.79 Å². The molecule has 23 heavy (non-hydrogen) atoms. The van der Waals surface area contributed by atoms with Crippen LogP contribution in [0.2, 0.25) is 0 Å². The molecule has 1 aromatic heterocycles. The van der Waals surface area contributed by atoms with Gasteiger partial charge >= 0.3 is 17.8 Å². The third kappa shape index (κ3) is 2.59. The van der Waals surface area contributed by atoms with E-state index in [1.54, 1.807) is 38.1 Å². The molecular formula is C15H14N4O4. The molecule has 1 aliphatic heterocycles. The largest absolute Gasteiger partial charge is 0.337 e. The van der Waals surface area contributed by atoms with Gasteiger partial charge in [-0.25, -0.2) is 14.6 Å². The summed E-state index contributed by atoms with van der Waals surface area (Å²) in [6, 6.07) is 7.79. The van der Waals surface area contributed by atoms with E-state index in [2.05, 4.69) is 10.1 Å². The second-order valence-electron chi connectivity index (χ2n) is 5.17. The molecule has 1 atom stereocenters. The molecule has 1 aliphatic rings. The van der Waals surface area contributed by atoms with Gasteiger partial charge in [-0.15, -0.1) is 0 Å². The van der Waals surface area contributed by atoms with E-state index in [0.717, 1.165) is 15.4 Å². The molecule has 0 saturated carbocycles. The van der Waals surface area contributed by atoms with Crippen molar-refractivity contribution in [2.24, 2.45) is 0 Å². The van der Waals surface area contributed by atoms with Crippen molar-refractivity contribution in [3.8, 4) is 0 Å². The minimum atomic E-state index is -0.895. The summed E-state index contributed by atoms with van der Waals surface area (Å²) in [6.45, 7) is 3.09. The lowest BCUT2D eigenvalue weighted by molar-refractivity contribution is -0.144. The summed E-state index contributed by atoms with van der Waals surface area (Å²) in [4.78, 5) is 42.5. The molecule has 3 rings (SSSR count). The highest BCUT2D eigenvalue weighted by Gasteiger charge is 2.47. The van der Waals surface area contributed by atoms with Crippen LogP contribution in [0.1, 0.15) is 30.2 Å². The standard InChI is InChI=1S/C15H14N4O4/c1-9(11-6-4-3-5-7-11)19-14(21)13(20)18(15(19)22)8-12-16-10(2)17-23-12/h3-7,9H,8H2,1-2H3/t9-/m0/s1. The van der Waals surface area contributed by atoms with Crippen LogP contribution in [0.3, 0.4) is 0 Å². The maximum absolute atomic E-state index is 12.5. The van der Waals surface area contributed by atoms with Crippen LogP contribution in [-0.4, -0.2) is 37.8 Å². The summed E-state index contributed by atoms with van der Waals surface area (Å²) in [7, 11) is 0. The molecule has 0 bridgehead atoms. The van der Waals surface area contributed by atoms with Crippen molar-refractivity contribution in [2.45, 2.75) is 26.4 Å². The summed E-state index contributed by atoms with van der Waals surface area (Å²) in [5.41, 5.74) is 0.762. The van der Waals surface area contributed by atoms with E-state index in [-0.39, 0.29) is 12.4 Å². The highest BCUT2D eigenvalue weighted by Crippen LogP contribution is 2.26. The lowest BCUT2D eigenvalue weighted by atomic mass is 10.1. The molecule has 2 aromatic rings. The summed E-state index contributed by atoms with van der Waals surface area (Å²) < 4.78 is 4.90. The van der Waals surface area contributed by atoms with E-state index in [1.165, 1.54) is 0 Å². The molecule has 0 radical (unpaired) electrons. The molecule has 1 saturated heterocycles. The average molecular weight is 314 g/mol. The zero-order valence-electron chi connectivity index (χ0n) is 12.6. The number of urea groups is 1. The monoisotopic (exact) mass is 314 g/mol. The number of nitrogens with zero attached hydrogens (tertiary/aromatic N) is 4. The Kier molecular flexibility index (Phi) is 3.65. The molecule has 0 aliphatic carbocycles. The van der Waals surface area contributed by atoms with Gasteiger partial charge < -0.3 is 4.52 Å². The molecular weight excluding hydrogens is 300 g/mol. The number of aryl methyl sites for hydroxylation is 1. The number of aromatic nitrogens is 2. The Balaban J connectivity index is 1.85. The number of imide groups is 2. The molecule has 8 nitrogen and oxygen atoms in total. The molecule has 0 spiro atoms. The van der Waals surface area contributed by atoms with Gasteiger partial charge in [-0.05, 0) is 19.4 Å². The van der Waals surface area contributed by atoms with Crippen LogP contribution < -0.4 is 0 Å². The number of hydrogen-bond acceptors (Lipinski definition) is 6. The predicted octanol–water partition coefficient (Wildman–Crippen LogP) is 1.43. The van der Waals surface area contributed by atoms with Gasteiger partial charge in [0.15, 0.2) is 5.82 Å². The highest BCUT2D eigenvalue weighted by molar-refractivity contribution is 6.44. The molecule has 0 unspecified atom stereocenters. The maximum atomic E-state index is 12.5. The van der Waals surface area contributed by atoms with Gasteiger partial charge in [0.25, 0.3) is 0 Å². The van der Waals surface area contributed by atoms with E-state index in [0.29, 0.717) is 5.82 Å². The molecule has 4 amide bonds. The lowest BCUT2D eigenvalue weighted by Gasteiger charge is -2.21. The Morgan fingerprint density at radius 1 is 1.13 bits per heavy atom. The van der Waals surface area contributed by atoms with E-state index in [4.69, 9.17) is 4.52 Å². The van der Waals surface area contributed by atoms with Gasteiger partial charge in [-0.2, -0.15) is 4.98 Å². The number of amides is 4. The fraction of sp³-hybridized carbons (Fsp3) is 0.267. The van der Waals surface area contributed by atoms with Gasteiger partial charge in [0.1, 0.15) is 6.54 Å². The number of carbonyl (C=O) groups is 3. The second kappa shape index (κ2) is 5.64. The Morgan fingerprint density at radius 3 is 2.43 bits per heavy atom. The zero-order valence-corrected chi connectivity index (χ0v) is 12.6. The van der Waals surface area contributed by atoms with Crippen molar-refractivity contribution in [2.75, 3.05) is 0 Å². The summed E-state index contributed by atoms with van der Waals surface area (Å²) >= 11 is 0. The average Bonchev–Trinajstić information content (AvgIpc) is 3.05. The fourth-order valence-corrected chi connectivity index (χ4v) is 2.42. The van der Waals surface area contributed by atoms with Crippen molar-refractivity contribution >= 4 is 17.8 Å². The molecule has 1 fully saturated rings. The molecule has 118 valence electrons. The Morgan fingerprint density at radius 2 is 1.83 bits per heavy atom. The van der Waals surface area contributed by atoms with Crippen molar-refractivity contribution in [1.82, 2.24) is 19.9 Å². The molecule has 0 N–H and O–H groups in total. The Hall–Kier alpha value is -3.03. The van der Waals surface area contributed by atoms with E-state index in [1.807, 2.05) is 6.07 Å². The third-order valence-electron chi connectivity index (χ3n) is 3.62. The van der Waals surface area contributed by atoms with Crippen LogP contribution in [0.25, 0.3) is 0 Å². The smallest absolute Gasteiger partial charge is 0.335 e. The SMILES string of the molecule is Cc1noc(CN2C(=O)C(=O)N([C@@H](C)c3ccccc3)C2=O)n1. The first-order valence-electron chi connectivity index (χ1n) is 7.02. The first-order valence-corrected chi connectivity index (χ1v) is 7.02. The minimum Gasteiger partial charge on any atom is -0.337 e. The number of hydrogen-bond donors (Lipinski definition) is 0. The second-order valence-corrected chi connectivity index (χ2v) is 5.17.